The van der Waals surface area contributed by atoms with Gasteiger partial charge in [0.15, 0.2) is 5.82 Å². The van der Waals surface area contributed by atoms with Crippen LogP contribution in [0.15, 0.2) is 11.1 Å². The quantitative estimate of drug-likeness (QED) is 0.794. The van der Waals surface area contributed by atoms with Gasteiger partial charge >= 0.3 is 0 Å². The van der Waals surface area contributed by atoms with Gasteiger partial charge in [-0.2, -0.15) is 0 Å². The summed E-state index contributed by atoms with van der Waals surface area (Å²) in [6, 6.07) is 0. The van der Waals surface area contributed by atoms with Crippen molar-refractivity contribution in [1.82, 2.24) is 9.97 Å². The molecule has 1 aliphatic rings. The van der Waals surface area contributed by atoms with E-state index in [1.807, 2.05) is 11.8 Å². The minimum Gasteiger partial charge on any atom is -0.391 e. The number of aromatic nitrogens is 2. The summed E-state index contributed by atoms with van der Waals surface area (Å²) in [7, 11) is 0. The number of aromatic amines is 1. The predicted octanol–water partition coefficient (Wildman–Crippen LogP) is 0.357. The molecule has 0 aliphatic carbocycles. The van der Waals surface area contributed by atoms with E-state index in [2.05, 4.69) is 9.97 Å². The number of hydrogen-bond acceptors (Lipinski definition) is 5. The molecule has 2 heterocycles. The molecular weight excluding hydrogens is 220 g/mol. The summed E-state index contributed by atoms with van der Waals surface area (Å²) in [6.07, 6.45) is 3.67. The highest BCUT2D eigenvalue weighted by atomic mass is 16.5. The number of H-pyrrole nitrogens is 1. The van der Waals surface area contributed by atoms with E-state index in [4.69, 9.17) is 10.5 Å². The molecule has 1 saturated heterocycles. The molecule has 94 valence electrons. The highest BCUT2D eigenvalue weighted by molar-refractivity contribution is 5.61. The van der Waals surface area contributed by atoms with Crippen LogP contribution in [0, 0.1) is 0 Å². The lowest BCUT2D eigenvalue weighted by Gasteiger charge is -2.33. The highest BCUT2D eigenvalue weighted by Crippen LogP contribution is 2.21. The van der Waals surface area contributed by atoms with Gasteiger partial charge in [0.2, 0.25) is 0 Å². The van der Waals surface area contributed by atoms with Crippen molar-refractivity contribution in [1.29, 1.82) is 0 Å². The third kappa shape index (κ3) is 2.58. The molecule has 1 aliphatic heterocycles. The maximum atomic E-state index is 11.4. The van der Waals surface area contributed by atoms with Gasteiger partial charge in [0, 0.05) is 19.7 Å². The number of ether oxygens (including phenoxy) is 1. The Hall–Kier alpha value is -1.56. The maximum absolute atomic E-state index is 11.4. The summed E-state index contributed by atoms with van der Waals surface area (Å²) in [5, 5.41) is 0. The van der Waals surface area contributed by atoms with E-state index >= 15 is 0 Å². The van der Waals surface area contributed by atoms with Gasteiger partial charge in [0.1, 0.15) is 5.69 Å². The summed E-state index contributed by atoms with van der Waals surface area (Å²) in [6.45, 7) is 4.30. The predicted molar refractivity (Wildman–Crippen MR) is 66.1 cm³/mol. The van der Waals surface area contributed by atoms with Crippen LogP contribution in [-0.2, 0) is 4.74 Å². The Morgan fingerprint density at radius 2 is 2.53 bits per heavy atom. The molecule has 0 spiro atoms. The fraction of sp³-hybridized carbons (Fsp3) is 0.636. The van der Waals surface area contributed by atoms with Crippen molar-refractivity contribution in [2.24, 2.45) is 0 Å². The average molecular weight is 238 g/mol. The standard InChI is InChI=1S/C11H18N4O2/c1-2-17-8-4-3-5-15(6-8)10-9(12)11(16)14-7-13-10/h7-8H,2-6,12H2,1H3,(H,13,14,16). The Labute approximate surface area is 99.8 Å². The number of nitrogens with one attached hydrogen (secondary N) is 1. The fourth-order valence-corrected chi connectivity index (χ4v) is 2.16. The van der Waals surface area contributed by atoms with Gasteiger partial charge in [-0.15, -0.1) is 0 Å². The SMILES string of the molecule is CCOC1CCCN(c2nc[nH]c(=O)c2N)C1. The molecule has 3 N–H and O–H groups in total. The Balaban J connectivity index is 2.16. The van der Waals surface area contributed by atoms with Gasteiger partial charge in [0.25, 0.3) is 5.56 Å². The van der Waals surface area contributed by atoms with Crippen LogP contribution >= 0.6 is 0 Å². The Bertz CT molecular complexity index is 430. The third-order valence-corrected chi connectivity index (χ3v) is 2.95. The first-order chi connectivity index (χ1) is 8.22. The molecule has 0 radical (unpaired) electrons. The van der Waals surface area contributed by atoms with Crippen LogP contribution in [0.1, 0.15) is 19.8 Å². The molecular formula is C11H18N4O2. The summed E-state index contributed by atoms with van der Waals surface area (Å²) in [4.78, 5) is 20.0. The van der Waals surface area contributed by atoms with Gasteiger partial charge in [-0.1, -0.05) is 0 Å². The fourth-order valence-electron chi connectivity index (χ4n) is 2.16. The topological polar surface area (TPSA) is 84.2 Å². The van der Waals surface area contributed by atoms with Crippen molar-refractivity contribution in [3.63, 3.8) is 0 Å². The molecule has 0 bridgehead atoms. The van der Waals surface area contributed by atoms with Crippen molar-refractivity contribution >= 4 is 11.5 Å². The summed E-state index contributed by atoms with van der Waals surface area (Å²) < 4.78 is 5.61. The number of nitrogens with zero attached hydrogens (tertiary/aromatic N) is 2. The van der Waals surface area contributed by atoms with Crippen LogP contribution in [0.25, 0.3) is 0 Å². The van der Waals surface area contributed by atoms with Gasteiger partial charge in [-0.25, -0.2) is 4.98 Å². The van der Waals surface area contributed by atoms with Crippen LogP contribution in [0.2, 0.25) is 0 Å². The second kappa shape index (κ2) is 5.18. The van der Waals surface area contributed by atoms with Crippen molar-refractivity contribution in [2.75, 3.05) is 30.3 Å². The zero-order valence-electron chi connectivity index (χ0n) is 9.98. The number of nitrogen functional groups attached to an aromatic ring is 1. The van der Waals surface area contributed by atoms with E-state index in [0.717, 1.165) is 25.9 Å². The second-order valence-corrected chi connectivity index (χ2v) is 4.13. The number of piperidine rings is 1. The van der Waals surface area contributed by atoms with Crippen molar-refractivity contribution in [2.45, 2.75) is 25.9 Å². The number of rotatable bonds is 3. The molecule has 1 aromatic rings. The minimum atomic E-state index is -0.284. The monoisotopic (exact) mass is 238 g/mol. The summed E-state index contributed by atoms with van der Waals surface area (Å²) in [5.41, 5.74) is 5.65. The third-order valence-electron chi connectivity index (χ3n) is 2.95. The van der Waals surface area contributed by atoms with Crippen molar-refractivity contribution in [3.05, 3.63) is 16.7 Å². The first-order valence-electron chi connectivity index (χ1n) is 5.92. The summed E-state index contributed by atoms with van der Waals surface area (Å²) >= 11 is 0. The lowest BCUT2D eigenvalue weighted by molar-refractivity contribution is 0.0525. The molecule has 2 rings (SSSR count). The maximum Gasteiger partial charge on any atom is 0.276 e. The van der Waals surface area contributed by atoms with Gasteiger partial charge in [-0.05, 0) is 19.8 Å². The first-order valence-corrected chi connectivity index (χ1v) is 5.92. The van der Waals surface area contributed by atoms with Gasteiger partial charge < -0.3 is 20.4 Å². The van der Waals surface area contributed by atoms with Crippen LogP contribution in [0.5, 0.6) is 0 Å². The Morgan fingerprint density at radius 1 is 1.71 bits per heavy atom. The lowest BCUT2D eigenvalue weighted by atomic mass is 10.1. The first kappa shape index (κ1) is 11.9. The van der Waals surface area contributed by atoms with E-state index in [0.29, 0.717) is 12.4 Å². The van der Waals surface area contributed by atoms with E-state index < -0.39 is 0 Å². The Kier molecular flexibility index (Phi) is 3.63. The van der Waals surface area contributed by atoms with Gasteiger partial charge in [0.05, 0.1) is 12.4 Å². The number of hydrogen-bond donors (Lipinski definition) is 2. The molecule has 0 amide bonds. The number of nitrogens with two attached hydrogens (primary N) is 1. The number of anilines is 2. The van der Waals surface area contributed by atoms with Crippen LogP contribution in [-0.4, -0.2) is 35.8 Å². The van der Waals surface area contributed by atoms with E-state index in [-0.39, 0.29) is 17.4 Å². The normalized spacial score (nSPS) is 20.5. The van der Waals surface area contributed by atoms with Crippen molar-refractivity contribution in [3.8, 4) is 0 Å². The highest BCUT2D eigenvalue weighted by Gasteiger charge is 2.23. The molecule has 17 heavy (non-hydrogen) atoms. The average Bonchev–Trinajstić information content (AvgIpc) is 2.33. The molecule has 0 aromatic carbocycles. The zero-order chi connectivity index (χ0) is 12.3. The van der Waals surface area contributed by atoms with Gasteiger partial charge in [-0.3, -0.25) is 4.79 Å². The molecule has 1 unspecified atom stereocenters. The molecule has 1 aromatic heterocycles. The van der Waals surface area contributed by atoms with Crippen LogP contribution in [0.4, 0.5) is 11.5 Å². The molecule has 0 saturated carbocycles. The van der Waals surface area contributed by atoms with Crippen LogP contribution < -0.4 is 16.2 Å². The van der Waals surface area contributed by atoms with Crippen LogP contribution in [0.3, 0.4) is 0 Å². The van der Waals surface area contributed by atoms with E-state index in [1.165, 1.54) is 6.33 Å². The summed E-state index contributed by atoms with van der Waals surface area (Å²) in [5.74, 6) is 0.568. The smallest absolute Gasteiger partial charge is 0.276 e. The Morgan fingerprint density at radius 3 is 3.29 bits per heavy atom. The molecule has 1 atom stereocenters. The minimum absolute atomic E-state index is 0.185. The second-order valence-electron chi connectivity index (χ2n) is 4.13. The molecule has 1 fully saturated rings. The van der Waals surface area contributed by atoms with E-state index in [9.17, 15) is 4.79 Å². The largest absolute Gasteiger partial charge is 0.391 e. The lowest BCUT2D eigenvalue weighted by Crippen LogP contribution is -2.41. The van der Waals surface area contributed by atoms with Crippen molar-refractivity contribution < 1.29 is 4.74 Å². The zero-order valence-corrected chi connectivity index (χ0v) is 9.98. The molecule has 6 nitrogen and oxygen atoms in total. The van der Waals surface area contributed by atoms with E-state index in [1.54, 1.807) is 0 Å². The molecule has 6 heteroatoms.